The summed E-state index contributed by atoms with van der Waals surface area (Å²) in [6.07, 6.45) is 1.87. The molecule has 134 valence electrons. The molecule has 0 aliphatic carbocycles. The van der Waals surface area contributed by atoms with Crippen LogP contribution in [0.1, 0.15) is 16.2 Å². The first-order chi connectivity index (χ1) is 12.1. The summed E-state index contributed by atoms with van der Waals surface area (Å²) in [5.41, 5.74) is 2.62. The Morgan fingerprint density at radius 1 is 1.00 bits per heavy atom. The molecule has 0 bridgehead atoms. The van der Waals surface area contributed by atoms with Gasteiger partial charge in [-0.3, -0.25) is 4.79 Å². The Morgan fingerprint density at radius 3 is 2.54 bits per heavy atom. The largest absolute Gasteiger partial charge is 0.329 e. The summed E-state index contributed by atoms with van der Waals surface area (Å²) in [5.74, 6) is 0.750. The summed E-state index contributed by atoms with van der Waals surface area (Å²) >= 11 is 12.2. The number of amides is 1. The Bertz CT molecular complexity index is 940. The van der Waals surface area contributed by atoms with E-state index in [0.717, 1.165) is 17.1 Å². The van der Waals surface area contributed by atoms with Gasteiger partial charge in [-0.1, -0.05) is 59.6 Å². The van der Waals surface area contributed by atoms with Crippen LogP contribution in [0.15, 0.2) is 54.7 Å². The van der Waals surface area contributed by atoms with Crippen LogP contribution in [0.3, 0.4) is 0 Å². The Balaban J connectivity index is 0.00000196. The van der Waals surface area contributed by atoms with Gasteiger partial charge in [0, 0.05) is 13.1 Å². The number of carbonyl (C=O) groups is 1. The lowest BCUT2D eigenvalue weighted by molar-refractivity contribution is 0.0708. The van der Waals surface area contributed by atoms with Crippen molar-refractivity contribution in [3.8, 4) is 11.3 Å². The minimum absolute atomic E-state index is 0. The summed E-state index contributed by atoms with van der Waals surface area (Å²) in [7, 11) is 0. The molecule has 0 saturated carbocycles. The van der Waals surface area contributed by atoms with Crippen LogP contribution in [0.25, 0.3) is 11.3 Å². The lowest BCUT2D eigenvalue weighted by atomic mass is 10.1. The van der Waals surface area contributed by atoms with E-state index in [1.165, 1.54) is 0 Å². The molecule has 3 aromatic rings. The Morgan fingerprint density at radius 2 is 1.77 bits per heavy atom. The zero-order chi connectivity index (χ0) is 17.4. The monoisotopic (exact) mass is 407 g/mol. The quantitative estimate of drug-likeness (QED) is 0.603. The van der Waals surface area contributed by atoms with Gasteiger partial charge in [-0.2, -0.15) is 0 Å². The van der Waals surface area contributed by atoms with Crippen molar-refractivity contribution in [1.29, 1.82) is 0 Å². The van der Waals surface area contributed by atoms with Crippen LogP contribution in [0.4, 0.5) is 0 Å². The van der Waals surface area contributed by atoms with Crippen LogP contribution >= 0.6 is 35.6 Å². The smallest absolute Gasteiger partial charge is 0.255 e. The molecule has 0 atom stereocenters. The number of imidazole rings is 1. The summed E-state index contributed by atoms with van der Waals surface area (Å²) < 4.78 is 2.17. The third-order valence-corrected chi connectivity index (χ3v) is 5.22. The molecule has 1 aromatic heterocycles. The van der Waals surface area contributed by atoms with Crippen molar-refractivity contribution in [2.45, 2.75) is 13.1 Å². The molecule has 2 aromatic carbocycles. The molecule has 2 heterocycles. The number of hydrogen-bond acceptors (Lipinski definition) is 2. The Kier molecular flexibility index (Phi) is 5.56. The maximum absolute atomic E-state index is 12.8. The standard InChI is InChI=1S/C19H15Cl2N3O.ClH/c20-15-8-4-7-14(18(15)21)19(25)23-9-10-24-16(11-22-17(24)12-23)13-5-2-1-3-6-13;/h1-8,11H,9-10,12H2;1H. The number of hydrogen-bond donors (Lipinski definition) is 0. The van der Waals surface area contributed by atoms with Gasteiger partial charge in [-0.15, -0.1) is 12.4 Å². The summed E-state index contributed by atoms with van der Waals surface area (Å²) in [6, 6.07) is 15.3. The predicted octanol–water partition coefficient (Wildman–Crippen LogP) is 4.93. The first kappa shape index (κ1) is 18.8. The molecular formula is C19H16Cl3N3O. The molecule has 7 heteroatoms. The Hall–Kier alpha value is -2.01. The number of rotatable bonds is 2. The molecular weight excluding hydrogens is 393 g/mol. The summed E-state index contributed by atoms with van der Waals surface area (Å²) in [5, 5.41) is 0.686. The number of fused-ring (bicyclic) bond motifs is 1. The van der Waals surface area contributed by atoms with Gasteiger partial charge in [-0.05, 0) is 17.7 Å². The van der Waals surface area contributed by atoms with Gasteiger partial charge in [0.15, 0.2) is 0 Å². The number of benzene rings is 2. The van der Waals surface area contributed by atoms with Gasteiger partial charge >= 0.3 is 0 Å². The first-order valence-electron chi connectivity index (χ1n) is 7.98. The zero-order valence-electron chi connectivity index (χ0n) is 13.7. The lowest BCUT2D eigenvalue weighted by Gasteiger charge is -2.29. The molecule has 4 rings (SSSR count). The fourth-order valence-electron chi connectivity index (χ4n) is 3.11. The van der Waals surface area contributed by atoms with E-state index in [1.807, 2.05) is 24.4 Å². The van der Waals surface area contributed by atoms with Crippen LogP contribution in [0.2, 0.25) is 10.0 Å². The second-order valence-corrected chi connectivity index (χ2v) is 6.69. The van der Waals surface area contributed by atoms with Crippen molar-refractivity contribution in [2.75, 3.05) is 6.54 Å². The van der Waals surface area contributed by atoms with Crippen molar-refractivity contribution >= 4 is 41.5 Å². The highest BCUT2D eigenvalue weighted by Gasteiger charge is 2.26. The molecule has 0 N–H and O–H groups in total. The fourth-order valence-corrected chi connectivity index (χ4v) is 3.49. The number of halogens is 3. The molecule has 26 heavy (non-hydrogen) atoms. The van der Waals surface area contributed by atoms with Crippen molar-refractivity contribution in [2.24, 2.45) is 0 Å². The van der Waals surface area contributed by atoms with Gasteiger partial charge in [-0.25, -0.2) is 4.98 Å². The van der Waals surface area contributed by atoms with E-state index in [1.54, 1.807) is 23.1 Å². The van der Waals surface area contributed by atoms with Crippen molar-refractivity contribution < 1.29 is 4.79 Å². The molecule has 1 amide bonds. The van der Waals surface area contributed by atoms with E-state index in [2.05, 4.69) is 21.7 Å². The van der Waals surface area contributed by atoms with Gasteiger partial charge in [0.25, 0.3) is 5.91 Å². The maximum atomic E-state index is 12.8. The number of aromatic nitrogens is 2. The van der Waals surface area contributed by atoms with Gasteiger partial charge in [0.05, 0.1) is 34.0 Å². The van der Waals surface area contributed by atoms with Crippen molar-refractivity contribution in [3.05, 3.63) is 76.2 Å². The van der Waals surface area contributed by atoms with Crippen molar-refractivity contribution in [3.63, 3.8) is 0 Å². The third-order valence-electron chi connectivity index (χ3n) is 4.40. The molecule has 0 radical (unpaired) electrons. The molecule has 4 nitrogen and oxygen atoms in total. The summed E-state index contributed by atoms with van der Waals surface area (Å²) in [4.78, 5) is 19.1. The van der Waals surface area contributed by atoms with Crippen LogP contribution in [-0.4, -0.2) is 26.9 Å². The molecule has 1 aliphatic rings. The normalized spacial score (nSPS) is 13.1. The van der Waals surface area contributed by atoms with Gasteiger partial charge in [0.2, 0.25) is 0 Å². The predicted molar refractivity (Wildman–Crippen MR) is 106 cm³/mol. The van der Waals surface area contributed by atoms with E-state index in [9.17, 15) is 4.79 Å². The molecule has 0 spiro atoms. The molecule has 0 fully saturated rings. The van der Waals surface area contributed by atoms with Crippen LogP contribution in [0, 0.1) is 0 Å². The molecule has 0 saturated heterocycles. The van der Waals surface area contributed by atoms with Gasteiger partial charge < -0.3 is 9.47 Å². The topological polar surface area (TPSA) is 38.1 Å². The van der Waals surface area contributed by atoms with E-state index in [4.69, 9.17) is 23.2 Å². The first-order valence-corrected chi connectivity index (χ1v) is 8.74. The zero-order valence-corrected chi connectivity index (χ0v) is 16.1. The van der Waals surface area contributed by atoms with E-state index in [-0.39, 0.29) is 18.3 Å². The second kappa shape index (κ2) is 7.70. The number of carbonyl (C=O) groups excluding carboxylic acids is 1. The molecule has 0 unspecified atom stereocenters. The highest BCUT2D eigenvalue weighted by molar-refractivity contribution is 6.43. The highest BCUT2D eigenvalue weighted by Crippen LogP contribution is 2.28. The average molecular weight is 409 g/mol. The van der Waals surface area contributed by atoms with Crippen molar-refractivity contribution in [1.82, 2.24) is 14.5 Å². The van der Waals surface area contributed by atoms with Gasteiger partial charge in [0.1, 0.15) is 5.82 Å². The maximum Gasteiger partial charge on any atom is 0.255 e. The second-order valence-electron chi connectivity index (χ2n) is 5.91. The van der Waals surface area contributed by atoms with E-state index >= 15 is 0 Å². The third kappa shape index (κ3) is 3.32. The van der Waals surface area contributed by atoms with E-state index in [0.29, 0.717) is 35.2 Å². The minimum atomic E-state index is -0.122. The SMILES string of the molecule is Cl.O=C(c1cccc(Cl)c1Cl)N1CCn2c(-c3ccccc3)cnc2C1. The van der Waals surface area contributed by atoms with Crippen LogP contribution in [0.5, 0.6) is 0 Å². The van der Waals surface area contributed by atoms with Crippen LogP contribution < -0.4 is 0 Å². The summed E-state index contributed by atoms with van der Waals surface area (Å²) in [6.45, 7) is 1.75. The van der Waals surface area contributed by atoms with Crippen LogP contribution in [-0.2, 0) is 13.1 Å². The number of nitrogens with zero attached hydrogens (tertiary/aromatic N) is 3. The lowest BCUT2D eigenvalue weighted by Crippen LogP contribution is -2.38. The fraction of sp³-hybridized carbons (Fsp3) is 0.158. The average Bonchev–Trinajstić information content (AvgIpc) is 3.07. The minimum Gasteiger partial charge on any atom is -0.329 e. The molecule has 1 aliphatic heterocycles. The Labute approximate surface area is 167 Å². The van der Waals surface area contributed by atoms with E-state index < -0.39 is 0 Å². The highest BCUT2D eigenvalue weighted by atomic mass is 35.5.